The summed E-state index contributed by atoms with van der Waals surface area (Å²) in [6.45, 7) is 0. The molecule has 26 heavy (non-hydrogen) atoms. The van der Waals surface area contributed by atoms with E-state index >= 15 is 0 Å². The van der Waals surface area contributed by atoms with Crippen LogP contribution in [0.15, 0.2) is 39.6 Å². The molecule has 0 atom stereocenters. The molecule has 0 unspecified atom stereocenters. The molecular formula is C15H10F3N5OS2. The molecule has 0 aliphatic rings. The number of alkyl halides is 3. The van der Waals surface area contributed by atoms with Crippen molar-refractivity contribution in [1.29, 1.82) is 0 Å². The zero-order valence-electron chi connectivity index (χ0n) is 13.2. The second-order valence-electron chi connectivity index (χ2n) is 5.42. The van der Waals surface area contributed by atoms with Crippen molar-refractivity contribution in [3.63, 3.8) is 0 Å². The summed E-state index contributed by atoms with van der Waals surface area (Å²) in [5, 5.41) is 10.5. The first-order valence-corrected chi connectivity index (χ1v) is 9.19. The SMILES string of the molecule is Cn1c(=O)c2sccc2n2c(CSc3ccc(C(F)(F)F)cn3)nnc12. The first-order chi connectivity index (χ1) is 12.4. The van der Waals surface area contributed by atoms with Gasteiger partial charge in [-0.3, -0.25) is 13.8 Å². The molecule has 0 aliphatic carbocycles. The minimum absolute atomic E-state index is 0.140. The third-order valence-electron chi connectivity index (χ3n) is 3.81. The van der Waals surface area contributed by atoms with Crippen LogP contribution < -0.4 is 5.56 Å². The van der Waals surface area contributed by atoms with Gasteiger partial charge in [-0.1, -0.05) is 11.8 Å². The third kappa shape index (κ3) is 2.76. The van der Waals surface area contributed by atoms with Crippen molar-refractivity contribution in [3.05, 3.63) is 51.5 Å². The number of fused-ring (bicyclic) bond motifs is 3. The van der Waals surface area contributed by atoms with Gasteiger partial charge in [-0.25, -0.2) is 4.98 Å². The monoisotopic (exact) mass is 397 g/mol. The standard InChI is InChI=1S/C15H10F3N5OS2/c1-22-13(24)12-9(4-5-25-12)23-10(20-21-14(22)23)7-26-11-3-2-8(6-19-11)15(16,17)18/h2-6H,7H2,1H3. The van der Waals surface area contributed by atoms with Crippen molar-refractivity contribution in [3.8, 4) is 0 Å². The molecule has 4 aromatic heterocycles. The lowest BCUT2D eigenvalue weighted by Gasteiger charge is -2.07. The number of aryl methyl sites for hydroxylation is 1. The van der Waals surface area contributed by atoms with Crippen LogP contribution in [-0.4, -0.2) is 24.1 Å². The Morgan fingerprint density at radius 3 is 2.73 bits per heavy atom. The molecule has 0 bridgehead atoms. The van der Waals surface area contributed by atoms with E-state index in [-0.39, 0.29) is 5.56 Å². The maximum absolute atomic E-state index is 12.6. The molecule has 4 heterocycles. The molecule has 0 aliphatic heterocycles. The Morgan fingerprint density at radius 2 is 2.04 bits per heavy atom. The highest BCUT2D eigenvalue weighted by atomic mass is 32.2. The van der Waals surface area contributed by atoms with Crippen LogP contribution in [0.3, 0.4) is 0 Å². The van der Waals surface area contributed by atoms with E-state index in [1.807, 2.05) is 11.4 Å². The van der Waals surface area contributed by atoms with E-state index in [2.05, 4.69) is 15.2 Å². The first-order valence-electron chi connectivity index (χ1n) is 7.32. The molecule has 4 rings (SSSR count). The van der Waals surface area contributed by atoms with Gasteiger partial charge in [-0.2, -0.15) is 13.2 Å². The van der Waals surface area contributed by atoms with E-state index in [0.717, 1.165) is 12.3 Å². The Kier molecular flexibility index (Phi) is 3.99. The van der Waals surface area contributed by atoms with E-state index in [9.17, 15) is 18.0 Å². The average Bonchev–Trinajstić information content (AvgIpc) is 3.24. The molecule has 0 amide bonds. The first kappa shape index (κ1) is 17.0. The summed E-state index contributed by atoms with van der Waals surface area (Å²) in [4.78, 5) is 16.1. The Balaban J connectivity index is 1.67. The number of hydrogen-bond acceptors (Lipinski definition) is 6. The molecular weight excluding hydrogens is 387 g/mol. The highest BCUT2D eigenvalue weighted by Crippen LogP contribution is 2.30. The summed E-state index contributed by atoms with van der Waals surface area (Å²) in [6, 6.07) is 4.15. The van der Waals surface area contributed by atoms with Gasteiger partial charge in [-0.05, 0) is 23.6 Å². The van der Waals surface area contributed by atoms with E-state index < -0.39 is 11.7 Å². The van der Waals surface area contributed by atoms with Crippen LogP contribution in [0, 0.1) is 0 Å². The van der Waals surface area contributed by atoms with Gasteiger partial charge in [0, 0.05) is 13.2 Å². The van der Waals surface area contributed by atoms with Crippen molar-refractivity contribution >= 4 is 39.1 Å². The van der Waals surface area contributed by atoms with Gasteiger partial charge in [0.1, 0.15) is 10.5 Å². The van der Waals surface area contributed by atoms with Gasteiger partial charge in [0.25, 0.3) is 5.56 Å². The fourth-order valence-electron chi connectivity index (χ4n) is 2.52. The quantitative estimate of drug-likeness (QED) is 0.496. The van der Waals surface area contributed by atoms with Crippen LogP contribution >= 0.6 is 23.1 Å². The molecule has 11 heteroatoms. The lowest BCUT2D eigenvalue weighted by atomic mass is 10.3. The van der Waals surface area contributed by atoms with Crippen LogP contribution in [0.2, 0.25) is 0 Å². The topological polar surface area (TPSA) is 65.1 Å². The molecule has 0 fully saturated rings. The van der Waals surface area contributed by atoms with Crippen molar-refractivity contribution in [2.24, 2.45) is 7.05 Å². The summed E-state index contributed by atoms with van der Waals surface area (Å²) in [7, 11) is 1.62. The van der Waals surface area contributed by atoms with E-state index in [4.69, 9.17) is 0 Å². The van der Waals surface area contributed by atoms with E-state index in [1.165, 1.54) is 33.7 Å². The molecule has 0 saturated carbocycles. The fraction of sp³-hybridized carbons (Fsp3) is 0.200. The smallest absolute Gasteiger partial charge is 0.279 e. The fourth-order valence-corrected chi connectivity index (χ4v) is 4.12. The average molecular weight is 397 g/mol. The Morgan fingerprint density at radius 1 is 1.23 bits per heavy atom. The maximum atomic E-state index is 12.6. The lowest BCUT2D eigenvalue weighted by Crippen LogP contribution is -2.19. The zero-order chi connectivity index (χ0) is 18.5. The second-order valence-corrected chi connectivity index (χ2v) is 7.33. The predicted molar refractivity (Wildman–Crippen MR) is 92.4 cm³/mol. The minimum atomic E-state index is -4.41. The van der Waals surface area contributed by atoms with Crippen LogP contribution in [-0.2, 0) is 19.0 Å². The number of aromatic nitrogens is 5. The summed E-state index contributed by atoms with van der Waals surface area (Å²) < 4.78 is 41.6. The molecule has 134 valence electrons. The lowest BCUT2D eigenvalue weighted by molar-refractivity contribution is -0.137. The Labute approximate surface area is 152 Å². The van der Waals surface area contributed by atoms with Gasteiger partial charge in [-0.15, -0.1) is 21.5 Å². The number of thioether (sulfide) groups is 1. The summed E-state index contributed by atoms with van der Waals surface area (Å²) in [5.74, 6) is 1.35. The van der Waals surface area contributed by atoms with Crippen molar-refractivity contribution in [2.75, 3.05) is 0 Å². The molecule has 0 N–H and O–H groups in total. The molecule has 4 aromatic rings. The van der Waals surface area contributed by atoms with Crippen molar-refractivity contribution < 1.29 is 13.2 Å². The van der Waals surface area contributed by atoms with Crippen molar-refractivity contribution in [1.82, 2.24) is 24.1 Å². The highest BCUT2D eigenvalue weighted by molar-refractivity contribution is 7.98. The van der Waals surface area contributed by atoms with E-state index in [1.54, 1.807) is 11.4 Å². The second kappa shape index (κ2) is 6.09. The molecule has 6 nitrogen and oxygen atoms in total. The molecule has 0 aromatic carbocycles. The van der Waals surface area contributed by atoms with Crippen LogP contribution in [0.4, 0.5) is 13.2 Å². The third-order valence-corrected chi connectivity index (χ3v) is 5.64. The summed E-state index contributed by atoms with van der Waals surface area (Å²) in [6.07, 6.45) is -3.60. The van der Waals surface area contributed by atoms with Crippen molar-refractivity contribution in [2.45, 2.75) is 17.0 Å². The Bertz CT molecular complexity index is 1160. The number of rotatable bonds is 3. The van der Waals surface area contributed by atoms with Gasteiger partial charge in [0.15, 0.2) is 0 Å². The van der Waals surface area contributed by atoms with E-state index in [0.29, 0.717) is 32.6 Å². The normalized spacial score (nSPS) is 12.3. The number of halogens is 3. The maximum Gasteiger partial charge on any atom is 0.417 e. The number of nitrogens with zero attached hydrogens (tertiary/aromatic N) is 5. The molecule has 0 radical (unpaired) electrons. The molecule has 0 saturated heterocycles. The highest BCUT2D eigenvalue weighted by Gasteiger charge is 2.30. The van der Waals surface area contributed by atoms with Gasteiger partial charge in [0.2, 0.25) is 5.78 Å². The summed E-state index contributed by atoms with van der Waals surface area (Å²) >= 11 is 2.59. The summed E-state index contributed by atoms with van der Waals surface area (Å²) in [5.41, 5.74) is -0.211. The zero-order valence-corrected chi connectivity index (χ0v) is 14.8. The predicted octanol–water partition coefficient (Wildman–Crippen LogP) is 3.35. The van der Waals surface area contributed by atoms with Crippen LogP contribution in [0.5, 0.6) is 0 Å². The number of hydrogen-bond donors (Lipinski definition) is 0. The largest absolute Gasteiger partial charge is 0.417 e. The van der Waals surface area contributed by atoms with Gasteiger partial charge < -0.3 is 0 Å². The number of thiophene rings is 1. The van der Waals surface area contributed by atoms with Gasteiger partial charge in [0.05, 0.1) is 21.9 Å². The Hall–Kier alpha value is -2.40. The number of pyridine rings is 1. The molecule has 0 spiro atoms. The van der Waals surface area contributed by atoms with Crippen LogP contribution in [0.1, 0.15) is 11.4 Å². The van der Waals surface area contributed by atoms with Gasteiger partial charge >= 0.3 is 6.18 Å². The minimum Gasteiger partial charge on any atom is -0.279 e. The van der Waals surface area contributed by atoms with Crippen LogP contribution in [0.25, 0.3) is 16.0 Å².